The van der Waals surface area contributed by atoms with Crippen LogP contribution in [-0.2, 0) is 14.4 Å². The van der Waals surface area contributed by atoms with Crippen LogP contribution in [0.25, 0.3) is 6.08 Å². The first-order valence-electron chi connectivity index (χ1n) is 10.9. The minimum absolute atomic E-state index is 0.0263. The number of benzene rings is 2. The Kier molecular flexibility index (Phi) is 8.89. The molecule has 0 saturated carbocycles. The maximum absolute atomic E-state index is 12.6. The molecule has 1 heterocycles. The number of carbonyl (C=O) groups is 3. The Morgan fingerprint density at radius 3 is 2.49 bits per heavy atom. The summed E-state index contributed by atoms with van der Waals surface area (Å²) in [4.78, 5) is 37.5. The summed E-state index contributed by atoms with van der Waals surface area (Å²) < 4.78 is 11.7. The molecule has 1 saturated heterocycles. The molecule has 0 atom stereocenters. The highest BCUT2D eigenvalue weighted by molar-refractivity contribution is 8.26. The van der Waals surface area contributed by atoms with Crippen LogP contribution in [0.4, 0.5) is 5.69 Å². The zero-order valence-electron chi connectivity index (χ0n) is 19.6. The predicted octanol–water partition coefficient (Wildman–Crippen LogP) is 4.40. The molecular formula is C25H26N2O6S2. The second-order valence-electron chi connectivity index (χ2n) is 7.83. The molecule has 0 aromatic heterocycles. The van der Waals surface area contributed by atoms with Gasteiger partial charge in [-0.05, 0) is 67.8 Å². The fourth-order valence-electron chi connectivity index (χ4n) is 3.44. The van der Waals surface area contributed by atoms with Crippen LogP contribution in [0.2, 0.25) is 0 Å². The summed E-state index contributed by atoms with van der Waals surface area (Å²) in [6.07, 6.45) is 1.48. The normalized spacial score (nSPS) is 14.4. The first-order chi connectivity index (χ1) is 16.7. The number of carboxylic acid groups (broad SMARTS) is 1. The van der Waals surface area contributed by atoms with E-state index in [0.29, 0.717) is 38.6 Å². The molecule has 0 bridgehead atoms. The van der Waals surface area contributed by atoms with E-state index in [9.17, 15) is 14.4 Å². The molecule has 1 fully saturated rings. The van der Waals surface area contributed by atoms with E-state index in [4.69, 9.17) is 26.8 Å². The van der Waals surface area contributed by atoms with Gasteiger partial charge in [-0.15, -0.1) is 0 Å². The molecule has 0 radical (unpaired) electrons. The average molecular weight is 515 g/mol. The number of aliphatic carboxylic acids is 1. The fourth-order valence-corrected chi connectivity index (χ4v) is 4.75. The molecule has 0 spiro atoms. The highest BCUT2D eigenvalue weighted by atomic mass is 32.2. The first kappa shape index (κ1) is 26.2. The van der Waals surface area contributed by atoms with E-state index in [2.05, 4.69) is 5.32 Å². The predicted molar refractivity (Wildman–Crippen MR) is 140 cm³/mol. The lowest BCUT2D eigenvalue weighted by molar-refractivity contribution is -0.137. The van der Waals surface area contributed by atoms with E-state index in [-0.39, 0.29) is 31.4 Å². The second kappa shape index (κ2) is 11.9. The quantitative estimate of drug-likeness (QED) is 0.355. The van der Waals surface area contributed by atoms with Crippen molar-refractivity contribution in [2.24, 2.45) is 0 Å². The van der Waals surface area contributed by atoms with Crippen molar-refractivity contribution in [3.63, 3.8) is 0 Å². The van der Waals surface area contributed by atoms with Crippen molar-refractivity contribution in [1.82, 2.24) is 4.90 Å². The Morgan fingerprint density at radius 1 is 1.11 bits per heavy atom. The molecule has 35 heavy (non-hydrogen) atoms. The summed E-state index contributed by atoms with van der Waals surface area (Å²) in [5.41, 5.74) is 3.49. The van der Waals surface area contributed by atoms with E-state index in [1.165, 1.54) is 4.90 Å². The van der Waals surface area contributed by atoms with E-state index < -0.39 is 5.97 Å². The average Bonchev–Trinajstić information content (AvgIpc) is 3.03. The van der Waals surface area contributed by atoms with Crippen molar-refractivity contribution in [1.29, 1.82) is 0 Å². The Bertz CT molecular complexity index is 1170. The minimum atomic E-state index is -0.998. The number of amides is 2. The topological polar surface area (TPSA) is 105 Å². The standard InChI is InChI=1S/C25H26N2O6S2/c1-4-32-20-12-17(13-21-24(31)27(25(34)35-21)8-7-23(29)30)5-6-19(20)33-14-22(28)26-18-10-15(2)9-16(3)11-18/h5-6,9-13H,4,7-8,14H2,1-3H3,(H,26,28)(H,29,30)/b21-13-. The minimum Gasteiger partial charge on any atom is -0.490 e. The third-order valence-electron chi connectivity index (χ3n) is 4.85. The molecule has 1 aliphatic heterocycles. The van der Waals surface area contributed by atoms with Crippen molar-refractivity contribution >= 4 is 57.8 Å². The number of carboxylic acids is 1. The van der Waals surface area contributed by atoms with Gasteiger partial charge >= 0.3 is 5.97 Å². The molecule has 1 aliphatic rings. The number of carbonyl (C=O) groups excluding carboxylic acids is 2. The van der Waals surface area contributed by atoms with Crippen LogP contribution >= 0.6 is 24.0 Å². The Hall–Kier alpha value is -3.37. The number of rotatable bonds is 10. The molecule has 2 aromatic carbocycles. The zero-order chi connectivity index (χ0) is 25.5. The molecule has 8 nitrogen and oxygen atoms in total. The molecule has 10 heteroatoms. The number of nitrogens with zero attached hydrogens (tertiary/aromatic N) is 1. The van der Waals surface area contributed by atoms with Crippen LogP contribution in [0, 0.1) is 13.8 Å². The van der Waals surface area contributed by atoms with Gasteiger partial charge < -0.3 is 19.9 Å². The van der Waals surface area contributed by atoms with Crippen LogP contribution in [-0.4, -0.2) is 51.9 Å². The first-order valence-corrected chi connectivity index (χ1v) is 12.1. The van der Waals surface area contributed by atoms with Crippen LogP contribution in [0.3, 0.4) is 0 Å². The summed E-state index contributed by atoms with van der Waals surface area (Å²) in [7, 11) is 0. The van der Waals surface area contributed by atoms with Crippen LogP contribution in [0.5, 0.6) is 11.5 Å². The lowest BCUT2D eigenvalue weighted by Crippen LogP contribution is -2.30. The highest BCUT2D eigenvalue weighted by Gasteiger charge is 2.32. The number of nitrogens with one attached hydrogen (secondary N) is 1. The molecule has 3 rings (SSSR count). The summed E-state index contributed by atoms with van der Waals surface area (Å²) in [5.74, 6) is -0.799. The SMILES string of the molecule is CCOc1cc(/C=C2\SC(=S)N(CCC(=O)O)C2=O)ccc1OCC(=O)Nc1cc(C)cc(C)c1. The molecule has 2 N–H and O–H groups in total. The molecule has 0 aliphatic carbocycles. The van der Waals surface area contributed by atoms with Gasteiger partial charge in [-0.2, -0.15) is 0 Å². The van der Waals surface area contributed by atoms with E-state index in [1.807, 2.05) is 39.0 Å². The van der Waals surface area contributed by atoms with E-state index >= 15 is 0 Å². The van der Waals surface area contributed by atoms with Gasteiger partial charge in [-0.3, -0.25) is 19.3 Å². The molecular weight excluding hydrogens is 488 g/mol. The number of aryl methyl sites for hydroxylation is 2. The van der Waals surface area contributed by atoms with Crippen molar-refractivity contribution in [3.05, 3.63) is 58.0 Å². The van der Waals surface area contributed by atoms with Crippen molar-refractivity contribution < 1.29 is 29.0 Å². The monoisotopic (exact) mass is 514 g/mol. The maximum Gasteiger partial charge on any atom is 0.305 e. The van der Waals surface area contributed by atoms with Gasteiger partial charge in [0.2, 0.25) is 0 Å². The smallest absolute Gasteiger partial charge is 0.305 e. The number of hydrogen-bond donors (Lipinski definition) is 2. The van der Waals surface area contributed by atoms with Gasteiger partial charge in [-0.25, -0.2) is 0 Å². The Labute approximate surface area is 213 Å². The maximum atomic E-state index is 12.6. The lowest BCUT2D eigenvalue weighted by atomic mass is 10.1. The number of thiocarbonyl (C=S) groups is 1. The number of ether oxygens (including phenoxy) is 2. The van der Waals surface area contributed by atoms with Gasteiger partial charge in [0.1, 0.15) is 4.32 Å². The zero-order valence-corrected chi connectivity index (χ0v) is 21.3. The summed E-state index contributed by atoms with van der Waals surface area (Å²) in [6.45, 7) is 5.96. The summed E-state index contributed by atoms with van der Waals surface area (Å²) >= 11 is 6.34. The van der Waals surface area contributed by atoms with Gasteiger partial charge in [0.25, 0.3) is 11.8 Å². The van der Waals surface area contributed by atoms with Crippen LogP contribution in [0.1, 0.15) is 30.0 Å². The largest absolute Gasteiger partial charge is 0.490 e. The van der Waals surface area contributed by atoms with Crippen LogP contribution < -0.4 is 14.8 Å². The van der Waals surface area contributed by atoms with Crippen molar-refractivity contribution in [2.75, 3.05) is 25.1 Å². The fraction of sp³-hybridized carbons (Fsp3) is 0.280. The van der Waals surface area contributed by atoms with Crippen molar-refractivity contribution in [3.8, 4) is 11.5 Å². The number of anilines is 1. The number of thioether (sulfide) groups is 1. The third-order valence-corrected chi connectivity index (χ3v) is 6.23. The van der Waals surface area contributed by atoms with Crippen LogP contribution in [0.15, 0.2) is 41.3 Å². The van der Waals surface area contributed by atoms with Gasteiger partial charge in [0.15, 0.2) is 18.1 Å². The third kappa shape index (κ3) is 7.30. The van der Waals surface area contributed by atoms with E-state index in [0.717, 1.165) is 22.9 Å². The summed E-state index contributed by atoms with van der Waals surface area (Å²) in [6, 6.07) is 10.9. The highest BCUT2D eigenvalue weighted by Crippen LogP contribution is 2.35. The molecule has 2 aromatic rings. The van der Waals surface area contributed by atoms with Gasteiger partial charge in [0, 0.05) is 12.2 Å². The van der Waals surface area contributed by atoms with Crippen molar-refractivity contribution in [2.45, 2.75) is 27.2 Å². The Balaban J connectivity index is 1.69. The molecule has 0 unspecified atom stereocenters. The summed E-state index contributed by atoms with van der Waals surface area (Å²) in [5, 5.41) is 11.7. The Morgan fingerprint density at radius 2 is 1.83 bits per heavy atom. The van der Waals surface area contributed by atoms with E-state index in [1.54, 1.807) is 24.3 Å². The van der Waals surface area contributed by atoms with Gasteiger partial charge in [-0.1, -0.05) is 36.1 Å². The molecule has 184 valence electrons. The van der Waals surface area contributed by atoms with Gasteiger partial charge in [0.05, 0.1) is 17.9 Å². The second-order valence-corrected chi connectivity index (χ2v) is 9.51. The lowest BCUT2D eigenvalue weighted by Gasteiger charge is -2.13. The molecule has 2 amide bonds. The number of hydrogen-bond acceptors (Lipinski definition) is 7.